The van der Waals surface area contributed by atoms with Gasteiger partial charge in [-0.25, -0.2) is 0 Å². The lowest BCUT2D eigenvalue weighted by molar-refractivity contribution is -0.385. The molecule has 1 aromatic carbocycles. The minimum Gasteiger partial charge on any atom is -0.502 e. The Labute approximate surface area is 121 Å². The Kier molecular flexibility index (Phi) is 3.94. The molecule has 1 aromatic heterocycles. The fourth-order valence-corrected chi connectivity index (χ4v) is 1.94. The van der Waals surface area contributed by atoms with Crippen molar-refractivity contribution in [2.75, 3.05) is 5.32 Å². The topological polar surface area (TPSA) is 105 Å². The van der Waals surface area contributed by atoms with Crippen molar-refractivity contribution in [1.29, 1.82) is 0 Å². The normalized spacial score (nSPS) is 10.1. The number of phenols is 1. The first-order valence-electron chi connectivity index (χ1n) is 5.37. The van der Waals surface area contributed by atoms with Crippen molar-refractivity contribution in [3.63, 3.8) is 0 Å². The Morgan fingerprint density at radius 2 is 2.15 bits per heavy atom. The number of nitro groups is 1. The quantitative estimate of drug-likeness (QED) is 0.508. The molecule has 2 N–H and O–H groups in total. The molecule has 0 spiro atoms. The van der Waals surface area contributed by atoms with Crippen LogP contribution < -0.4 is 5.32 Å². The second-order valence-corrected chi connectivity index (χ2v) is 4.62. The van der Waals surface area contributed by atoms with Gasteiger partial charge in [-0.1, -0.05) is 0 Å². The molecule has 2 aromatic rings. The van der Waals surface area contributed by atoms with Crippen LogP contribution in [0.5, 0.6) is 5.75 Å². The Hall–Kier alpha value is -2.48. The average Bonchev–Trinajstić information content (AvgIpc) is 2.41. The lowest BCUT2D eigenvalue weighted by Gasteiger charge is -2.06. The fourth-order valence-electron chi connectivity index (χ4n) is 1.51. The molecule has 0 aliphatic carbocycles. The second-order valence-electron chi connectivity index (χ2n) is 3.77. The minimum atomic E-state index is -0.729. The second kappa shape index (κ2) is 5.66. The Balaban J connectivity index is 2.27. The molecule has 1 amide bonds. The number of hydrogen-bond donors (Lipinski definition) is 2. The van der Waals surface area contributed by atoms with Crippen LogP contribution in [-0.2, 0) is 0 Å². The molecular formula is C12H8BrN3O4. The molecule has 0 fully saturated rings. The summed E-state index contributed by atoms with van der Waals surface area (Å²) in [5.74, 6) is -0.905. The number of benzene rings is 1. The molecule has 102 valence electrons. The van der Waals surface area contributed by atoms with Gasteiger partial charge in [0.25, 0.3) is 5.91 Å². The van der Waals surface area contributed by atoms with Crippen LogP contribution >= 0.6 is 15.9 Å². The van der Waals surface area contributed by atoms with Crippen LogP contribution in [0.3, 0.4) is 0 Å². The SMILES string of the molecule is O=C(Nc1ccc(O)c([N+](=O)[O-])c1)c1ccncc1Br. The average molecular weight is 338 g/mol. The largest absolute Gasteiger partial charge is 0.502 e. The van der Waals surface area contributed by atoms with Crippen molar-refractivity contribution in [2.45, 2.75) is 0 Å². The summed E-state index contributed by atoms with van der Waals surface area (Å²) >= 11 is 3.19. The molecule has 0 aliphatic rings. The summed E-state index contributed by atoms with van der Waals surface area (Å²) in [4.78, 5) is 25.8. The van der Waals surface area contributed by atoms with Crippen LogP contribution in [0.4, 0.5) is 11.4 Å². The number of aromatic hydroxyl groups is 1. The molecule has 1 heterocycles. The number of hydrogen-bond acceptors (Lipinski definition) is 5. The third-order valence-corrected chi connectivity index (χ3v) is 3.08. The van der Waals surface area contributed by atoms with Crippen LogP contribution in [0.25, 0.3) is 0 Å². The zero-order chi connectivity index (χ0) is 14.7. The van der Waals surface area contributed by atoms with Gasteiger partial charge in [0.1, 0.15) is 0 Å². The summed E-state index contributed by atoms with van der Waals surface area (Å²) in [7, 11) is 0. The lowest BCUT2D eigenvalue weighted by Crippen LogP contribution is -2.12. The molecule has 0 atom stereocenters. The highest BCUT2D eigenvalue weighted by Crippen LogP contribution is 2.29. The zero-order valence-corrected chi connectivity index (χ0v) is 11.5. The molecule has 7 nitrogen and oxygen atoms in total. The molecular weight excluding hydrogens is 330 g/mol. The summed E-state index contributed by atoms with van der Waals surface area (Å²) in [5.41, 5.74) is 0.0792. The van der Waals surface area contributed by atoms with Crippen molar-refractivity contribution >= 4 is 33.2 Å². The molecule has 0 saturated carbocycles. The first-order valence-corrected chi connectivity index (χ1v) is 6.16. The summed E-state index contributed by atoms with van der Waals surface area (Å²) < 4.78 is 0.505. The Morgan fingerprint density at radius 1 is 1.40 bits per heavy atom. The lowest BCUT2D eigenvalue weighted by atomic mass is 10.2. The predicted molar refractivity (Wildman–Crippen MR) is 74.7 cm³/mol. The van der Waals surface area contributed by atoms with E-state index in [0.29, 0.717) is 10.0 Å². The highest BCUT2D eigenvalue weighted by molar-refractivity contribution is 9.10. The number of phenolic OH excluding ortho intramolecular Hbond substituents is 1. The van der Waals surface area contributed by atoms with E-state index >= 15 is 0 Å². The van der Waals surface area contributed by atoms with E-state index in [0.717, 1.165) is 12.1 Å². The minimum absolute atomic E-state index is 0.211. The zero-order valence-electron chi connectivity index (χ0n) is 9.91. The van der Waals surface area contributed by atoms with E-state index in [1.807, 2.05) is 0 Å². The summed E-state index contributed by atoms with van der Waals surface area (Å²) in [6.07, 6.45) is 2.92. The van der Waals surface area contributed by atoms with Gasteiger partial charge in [0.15, 0.2) is 5.75 Å². The van der Waals surface area contributed by atoms with Gasteiger partial charge in [-0.2, -0.15) is 0 Å². The van der Waals surface area contributed by atoms with E-state index < -0.39 is 22.3 Å². The van der Waals surface area contributed by atoms with E-state index in [2.05, 4.69) is 26.2 Å². The van der Waals surface area contributed by atoms with Gasteiger partial charge in [0.2, 0.25) is 0 Å². The molecule has 0 unspecified atom stereocenters. The van der Waals surface area contributed by atoms with Crippen LogP contribution in [-0.4, -0.2) is 20.9 Å². The van der Waals surface area contributed by atoms with Crippen LogP contribution in [0.15, 0.2) is 41.1 Å². The monoisotopic (exact) mass is 337 g/mol. The number of amides is 1. The van der Waals surface area contributed by atoms with Crippen molar-refractivity contribution in [2.24, 2.45) is 0 Å². The van der Waals surface area contributed by atoms with Gasteiger partial charge >= 0.3 is 5.69 Å². The number of nitrogens with one attached hydrogen (secondary N) is 1. The van der Waals surface area contributed by atoms with Crippen LogP contribution in [0, 0.1) is 10.1 Å². The van der Waals surface area contributed by atoms with Gasteiger partial charge in [-0.3, -0.25) is 19.9 Å². The van der Waals surface area contributed by atoms with E-state index in [4.69, 9.17) is 0 Å². The number of nitro benzene ring substituents is 1. The molecule has 20 heavy (non-hydrogen) atoms. The van der Waals surface area contributed by atoms with E-state index in [9.17, 15) is 20.0 Å². The molecule has 0 bridgehead atoms. The smallest absolute Gasteiger partial charge is 0.312 e. The van der Waals surface area contributed by atoms with Gasteiger partial charge in [-0.15, -0.1) is 0 Å². The number of anilines is 1. The van der Waals surface area contributed by atoms with E-state index in [1.54, 1.807) is 0 Å². The number of pyridine rings is 1. The van der Waals surface area contributed by atoms with Crippen LogP contribution in [0.1, 0.15) is 10.4 Å². The third-order valence-electron chi connectivity index (χ3n) is 2.45. The first-order chi connectivity index (χ1) is 9.49. The maximum Gasteiger partial charge on any atom is 0.312 e. The molecule has 8 heteroatoms. The molecule has 0 radical (unpaired) electrons. The van der Waals surface area contributed by atoms with Crippen LogP contribution in [0.2, 0.25) is 0 Å². The van der Waals surface area contributed by atoms with Crippen molar-refractivity contribution in [3.05, 3.63) is 56.8 Å². The number of carbonyl (C=O) groups excluding carboxylic acids is 1. The van der Waals surface area contributed by atoms with E-state index in [1.165, 1.54) is 24.5 Å². The number of rotatable bonds is 3. The highest BCUT2D eigenvalue weighted by atomic mass is 79.9. The third kappa shape index (κ3) is 2.91. The standard InChI is InChI=1S/C12H8BrN3O4/c13-9-6-14-4-3-8(9)12(18)15-7-1-2-11(17)10(5-7)16(19)20/h1-6,17H,(H,15,18). The van der Waals surface area contributed by atoms with Gasteiger partial charge in [0.05, 0.1) is 10.5 Å². The van der Waals surface area contributed by atoms with Crippen molar-refractivity contribution < 1.29 is 14.8 Å². The van der Waals surface area contributed by atoms with Gasteiger partial charge < -0.3 is 10.4 Å². The highest BCUT2D eigenvalue weighted by Gasteiger charge is 2.16. The molecule has 2 rings (SSSR count). The Morgan fingerprint density at radius 3 is 2.80 bits per heavy atom. The predicted octanol–water partition coefficient (Wildman–Crippen LogP) is 2.71. The number of nitrogens with zero attached hydrogens (tertiary/aromatic N) is 2. The summed E-state index contributed by atoms with van der Waals surface area (Å²) in [6, 6.07) is 5.11. The maximum atomic E-state index is 12.0. The fraction of sp³-hybridized carbons (Fsp3) is 0. The van der Waals surface area contributed by atoms with E-state index in [-0.39, 0.29) is 5.69 Å². The maximum absolute atomic E-state index is 12.0. The summed E-state index contributed by atoms with van der Waals surface area (Å²) in [6.45, 7) is 0. The van der Waals surface area contributed by atoms with Gasteiger partial charge in [-0.05, 0) is 34.1 Å². The number of carbonyl (C=O) groups is 1. The first kappa shape index (κ1) is 13.9. The number of aromatic nitrogens is 1. The summed E-state index contributed by atoms with van der Waals surface area (Å²) in [5, 5.41) is 22.5. The Bertz CT molecular complexity index is 690. The van der Waals surface area contributed by atoms with Crippen molar-refractivity contribution in [1.82, 2.24) is 4.98 Å². The molecule has 0 saturated heterocycles. The molecule has 0 aliphatic heterocycles. The van der Waals surface area contributed by atoms with Crippen molar-refractivity contribution in [3.8, 4) is 5.75 Å². The number of halogens is 1. The van der Waals surface area contributed by atoms with Gasteiger partial charge in [0, 0.05) is 28.6 Å².